The van der Waals surface area contributed by atoms with E-state index < -0.39 is 6.10 Å². The Morgan fingerprint density at radius 1 is 1.40 bits per heavy atom. The molecule has 15 heavy (non-hydrogen) atoms. The van der Waals surface area contributed by atoms with E-state index in [2.05, 4.69) is 0 Å². The molecule has 2 unspecified atom stereocenters. The second-order valence-electron chi connectivity index (χ2n) is 3.65. The maximum absolute atomic E-state index is 11.1. The van der Waals surface area contributed by atoms with Crippen LogP contribution < -0.4 is 4.74 Å². The van der Waals surface area contributed by atoms with Gasteiger partial charge in [0.05, 0.1) is 6.10 Å². The number of benzene rings is 1. The van der Waals surface area contributed by atoms with Crippen LogP contribution in [0.25, 0.3) is 0 Å². The molecule has 0 amide bonds. The maximum Gasteiger partial charge on any atom is 0.159 e. The van der Waals surface area contributed by atoms with Crippen LogP contribution in [0.2, 0.25) is 0 Å². The molecule has 0 bridgehead atoms. The largest absolute Gasteiger partial charge is 0.488 e. The lowest BCUT2D eigenvalue weighted by Crippen LogP contribution is -2.25. The fraction of sp³-hybridized carbons (Fsp3) is 0.417. The minimum Gasteiger partial charge on any atom is -0.488 e. The van der Waals surface area contributed by atoms with Crippen LogP contribution in [-0.2, 0) is 0 Å². The molecule has 0 aliphatic rings. The predicted octanol–water partition coefficient (Wildman–Crippen LogP) is 2.04. The van der Waals surface area contributed by atoms with E-state index in [0.29, 0.717) is 11.3 Å². The number of hydrogen-bond acceptors (Lipinski definition) is 3. The molecular formula is C12H16O3. The van der Waals surface area contributed by atoms with Crippen LogP contribution in [0.4, 0.5) is 0 Å². The van der Waals surface area contributed by atoms with Gasteiger partial charge in [-0.25, -0.2) is 0 Å². The third-order valence-corrected chi connectivity index (χ3v) is 2.24. The number of Topliss-reactive ketones (excluding diaryl/α,β-unsaturated/α-hetero) is 1. The Labute approximate surface area is 89.7 Å². The van der Waals surface area contributed by atoms with E-state index in [0.717, 1.165) is 0 Å². The summed E-state index contributed by atoms with van der Waals surface area (Å²) in [4.78, 5) is 11.1. The fourth-order valence-electron chi connectivity index (χ4n) is 1.10. The Bertz CT molecular complexity index is 344. The first-order valence-electron chi connectivity index (χ1n) is 4.96. The monoisotopic (exact) mass is 208 g/mol. The van der Waals surface area contributed by atoms with E-state index in [1.54, 1.807) is 38.1 Å². The summed E-state index contributed by atoms with van der Waals surface area (Å²) in [5, 5.41) is 9.27. The Morgan fingerprint density at radius 3 is 2.60 bits per heavy atom. The first-order chi connectivity index (χ1) is 7.00. The van der Waals surface area contributed by atoms with E-state index in [9.17, 15) is 9.90 Å². The standard InChI is InChI=1S/C12H16O3/c1-8(13)10(3)15-12-6-4-5-11(7-12)9(2)14/h4-8,10,13H,1-3H3. The minimum absolute atomic E-state index is 0.00477. The molecule has 0 saturated heterocycles. The van der Waals surface area contributed by atoms with Crippen molar-refractivity contribution in [2.24, 2.45) is 0 Å². The number of hydrogen-bond donors (Lipinski definition) is 1. The Balaban J connectivity index is 2.78. The highest BCUT2D eigenvalue weighted by molar-refractivity contribution is 5.94. The number of aliphatic hydroxyl groups excluding tert-OH is 1. The molecule has 0 aliphatic heterocycles. The number of ether oxygens (including phenoxy) is 1. The Hall–Kier alpha value is -1.35. The van der Waals surface area contributed by atoms with Gasteiger partial charge in [-0.05, 0) is 32.9 Å². The molecule has 82 valence electrons. The van der Waals surface area contributed by atoms with Crippen molar-refractivity contribution in [1.29, 1.82) is 0 Å². The average molecular weight is 208 g/mol. The summed E-state index contributed by atoms with van der Waals surface area (Å²) in [6.07, 6.45) is -0.821. The normalized spacial score (nSPS) is 14.4. The molecule has 1 aromatic carbocycles. The molecule has 0 radical (unpaired) electrons. The van der Waals surface area contributed by atoms with Crippen molar-refractivity contribution < 1.29 is 14.6 Å². The van der Waals surface area contributed by atoms with Crippen LogP contribution >= 0.6 is 0 Å². The summed E-state index contributed by atoms with van der Waals surface area (Å²) < 4.78 is 5.46. The molecule has 1 rings (SSSR count). The van der Waals surface area contributed by atoms with Gasteiger partial charge in [-0.1, -0.05) is 12.1 Å². The lowest BCUT2D eigenvalue weighted by atomic mass is 10.1. The zero-order chi connectivity index (χ0) is 11.4. The SMILES string of the molecule is CC(=O)c1cccc(OC(C)C(C)O)c1. The van der Waals surface area contributed by atoms with Crippen LogP contribution in [-0.4, -0.2) is 23.1 Å². The average Bonchev–Trinajstić information content (AvgIpc) is 2.18. The lowest BCUT2D eigenvalue weighted by Gasteiger charge is -2.17. The van der Waals surface area contributed by atoms with E-state index >= 15 is 0 Å². The van der Waals surface area contributed by atoms with Gasteiger partial charge in [-0.2, -0.15) is 0 Å². The van der Waals surface area contributed by atoms with Crippen molar-refractivity contribution in [3.05, 3.63) is 29.8 Å². The first kappa shape index (κ1) is 11.7. The molecule has 2 atom stereocenters. The van der Waals surface area contributed by atoms with Crippen molar-refractivity contribution in [1.82, 2.24) is 0 Å². The minimum atomic E-state index is -0.536. The third kappa shape index (κ3) is 3.36. The van der Waals surface area contributed by atoms with Crippen molar-refractivity contribution in [2.45, 2.75) is 33.0 Å². The fourth-order valence-corrected chi connectivity index (χ4v) is 1.10. The highest BCUT2D eigenvalue weighted by Gasteiger charge is 2.10. The quantitative estimate of drug-likeness (QED) is 0.770. The number of carbonyl (C=O) groups excluding carboxylic acids is 1. The lowest BCUT2D eigenvalue weighted by molar-refractivity contribution is 0.0604. The van der Waals surface area contributed by atoms with Crippen LogP contribution in [0.5, 0.6) is 5.75 Å². The van der Waals surface area contributed by atoms with Gasteiger partial charge in [-0.15, -0.1) is 0 Å². The van der Waals surface area contributed by atoms with Crippen molar-refractivity contribution in [2.75, 3.05) is 0 Å². The summed E-state index contributed by atoms with van der Waals surface area (Å²) in [7, 11) is 0. The summed E-state index contributed by atoms with van der Waals surface area (Å²) in [5.41, 5.74) is 0.616. The van der Waals surface area contributed by atoms with Crippen LogP contribution in [0.3, 0.4) is 0 Å². The molecule has 0 aliphatic carbocycles. The van der Waals surface area contributed by atoms with Gasteiger partial charge in [-0.3, -0.25) is 4.79 Å². The predicted molar refractivity (Wildman–Crippen MR) is 58.2 cm³/mol. The zero-order valence-corrected chi connectivity index (χ0v) is 9.23. The van der Waals surface area contributed by atoms with Gasteiger partial charge in [0.15, 0.2) is 5.78 Å². The van der Waals surface area contributed by atoms with E-state index in [1.165, 1.54) is 6.92 Å². The molecule has 0 spiro atoms. The number of rotatable bonds is 4. The Kier molecular flexibility index (Phi) is 3.86. The zero-order valence-electron chi connectivity index (χ0n) is 9.23. The van der Waals surface area contributed by atoms with E-state index in [-0.39, 0.29) is 11.9 Å². The summed E-state index contributed by atoms with van der Waals surface area (Å²) in [6, 6.07) is 6.95. The third-order valence-electron chi connectivity index (χ3n) is 2.24. The topological polar surface area (TPSA) is 46.5 Å². The molecule has 3 nitrogen and oxygen atoms in total. The van der Waals surface area contributed by atoms with Gasteiger partial charge in [0.1, 0.15) is 11.9 Å². The molecule has 3 heteroatoms. The van der Waals surface area contributed by atoms with Crippen molar-refractivity contribution in [3.8, 4) is 5.75 Å². The van der Waals surface area contributed by atoms with Gasteiger partial charge in [0.2, 0.25) is 0 Å². The van der Waals surface area contributed by atoms with Crippen molar-refractivity contribution in [3.63, 3.8) is 0 Å². The van der Waals surface area contributed by atoms with E-state index in [4.69, 9.17) is 4.74 Å². The van der Waals surface area contributed by atoms with Crippen LogP contribution in [0.15, 0.2) is 24.3 Å². The molecule has 1 aromatic rings. The van der Waals surface area contributed by atoms with Gasteiger partial charge >= 0.3 is 0 Å². The van der Waals surface area contributed by atoms with Crippen LogP contribution in [0.1, 0.15) is 31.1 Å². The van der Waals surface area contributed by atoms with E-state index in [1.807, 2.05) is 0 Å². The van der Waals surface area contributed by atoms with Crippen molar-refractivity contribution >= 4 is 5.78 Å². The number of carbonyl (C=O) groups is 1. The summed E-state index contributed by atoms with van der Waals surface area (Å²) >= 11 is 0. The highest BCUT2D eigenvalue weighted by Crippen LogP contribution is 2.16. The summed E-state index contributed by atoms with van der Waals surface area (Å²) in [6.45, 7) is 4.96. The molecular weight excluding hydrogens is 192 g/mol. The number of ketones is 1. The molecule has 0 fully saturated rings. The molecule has 0 heterocycles. The Morgan fingerprint density at radius 2 is 2.07 bits per heavy atom. The number of aliphatic hydroxyl groups is 1. The summed E-state index contributed by atoms with van der Waals surface area (Å²) in [5.74, 6) is 0.612. The molecule has 0 saturated carbocycles. The molecule has 0 aromatic heterocycles. The smallest absolute Gasteiger partial charge is 0.159 e. The van der Waals surface area contributed by atoms with Gasteiger partial charge < -0.3 is 9.84 Å². The maximum atomic E-state index is 11.1. The second kappa shape index (κ2) is 4.94. The van der Waals surface area contributed by atoms with Gasteiger partial charge in [0, 0.05) is 5.56 Å². The second-order valence-corrected chi connectivity index (χ2v) is 3.65. The first-order valence-corrected chi connectivity index (χ1v) is 4.96. The molecule has 1 N–H and O–H groups in total. The van der Waals surface area contributed by atoms with Gasteiger partial charge in [0.25, 0.3) is 0 Å². The van der Waals surface area contributed by atoms with Crippen LogP contribution in [0, 0.1) is 0 Å². The highest BCUT2D eigenvalue weighted by atomic mass is 16.5.